The number of phosphoric ester groups is 1. The summed E-state index contributed by atoms with van der Waals surface area (Å²) in [5, 5.41) is 2.58. The number of ether oxygens (including phenoxy) is 3. The molecule has 12 heteroatoms. The Balaban J connectivity index is 0.00000420. The summed E-state index contributed by atoms with van der Waals surface area (Å²) < 4.78 is 31.3. The van der Waals surface area contributed by atoms with Gasteiger partial charge in [0, 0.05) is 17.8 Å². The van der Waals surface area contributed by atoms with Gasteiger partial charge in [0.15, 0.2) is 0 Å². The second kappa shape index (κ2) is 13.6. The molecule has 2 aromatic rings. The van der Waals surface area contributed by atoms with Gasteiger partial charge in [-0.2, -0.15) is 0 Å². The number of rotatable bonds is 9. The molecule has 0 saturated carbocycles. The van der Waals surface area contributed by atoms with E-state index in [0.717, 1.165) is 6.07 Å². The summed E-state index contributed by atoms with van der Waals surface area (Å²) in [5.74, 6) is -0.431. The van der Waals surface area contributed by atoms with E-state index < -0.39 is 19.5 Å². The van der Waals surface area contributed by atoms with Crippen molar-refractivity contribution in [1.82, 2.24) is 0 Å². The molecular weight excluding hydrogens is 435 g/mol. The summed E-state index contributed by atoms with van der Waals surface area (Å²) in [7, 11) is -2.63. The minimum Gasteiger partial charge on any atom is -0.780 e. The van der Waals surface area contributed by atoms with Gasteiger partial charge in [-0.05, 0) is 30.7 Å². The van der Waals surface area contributed by atoms with Crippen molar-refractivity contribution in [2.24, 2.45) is 0 Å². The van der Waals surface area contributed by atoms with Crippen LogP contribution in [0, 0.1) is 0 Å². The number of methoxy groups -OCH3 is 2. The van der Waals surface area contributed by atoms with Crippen molar-refractivity contribution < 1.29 is 97.0 Å². The molecule has 2 rings (SSSR count). The van der Waals surface area contributed by atoms with Gasteiger partial charge in [0.1, 0.15) is 36.4 Å². The molecule has 30 heavy (non-hydrogen) atoms. The van der Waals surface area contributed by atoms with Gasteiger partial charge in [0.05, 0.1) is 20.8 Å². The molecule has 1 amide bonds. The molecule has 2 aromatic carbocycles. The quantitative estimate of drug-likeness (QED) is 0.299. The van der Waals surface area contributed by atoms with E-state index in [4.69, 9.17) is 14.2 Å². The van der Waals surface area contributed by atoms with Gasteiger partial charge >= 0.3 is 59.1 Å². The van der Waals surface area contributed by atoms with Crippen LogP contribution < -0.4 is 93.0 Å². The van der Waals surface area contributed by atoms with Crippen molar-refractivity contribution in [3.05, 3.63) is 42.0 Å². The van der Waals surface area contributed by atoms with Gasteiger partial charge in [0.2, 0.25) is 0 Å². The van der Waals surface area contributed by atoms with Crippen LogP contribution in [0.3, 0.4) is 0 Å². The minimum absolute atomic E-state index is 0. The number of carbonyl (C=O) groups is 1. The van der Waals surface area contributed by atoms with Gasteiger partial charge in [-0.25, -0.2) is 0 Å². The van der Waals surface area contributed by atoms with E-state index in [-0.39, 0.29) is 76.2 Å². The van der Waals surface area contributed by atoms with Crippen LogP contribution in [-0.4, -0.2) is 26.7 Å². The summed E-state index contributed by atoms with van der Waals surface area (Å²) in [6, 6.07) is 9.02. The maximum absolute atomic E-state index is 12.7. The van der Waals surface area contributed by atoms with E-state index in [1.54, 1.807) is 24.3 Å². The fraction of sp³-hybridized carbons (Fsp3) is 0.278. The van der Waals surface area contributed by atoms with E-state index in [2.05, 4.69) is 9.84 Å². The first kappa shape index (κ1) is 29.3. The number of hydrogen-bond acceptors (Lipinski definition) is 8. The fourth-order valence-corrected chi connectivity index (χ4v) is 2.70. The minimum atomic E-state index is -5.43. The number of anilines is 1. The van der Waals surface area contributed by atoms with Crippen LogP contribution in [0.1, 0.15) is 23.7 Å². The zero-order valence-electron chi connectivity index (χ0n) is 17.6. The normalized spacial score (nSPS) is 10.2. The Morgan fingerprint density at radius 2 is 1.60 bits per heavy atom. The number of benzene rings is 2. The topological polar surface area (TPSA) is 129 Å². The summed E-state index contributed by atoms with van der Waals surface area (Å²) >= 11 is 0. The molecule has 0 atom stereocenters. The first-order valence-corrected chi connectivity index (χ1v) is 9.75. The molecule has 1 N–H and O–H groups in total. The average molecular weight is 455 g/mol. The summed E-state index contributed by atoms with van der Waals surface area (Å²) in [6.07, 6.45) is 0.694. The Bertz CT molecular complexity index is 873. The summed E-state index contributed by atoms with van der Waals surface area (Å²) in [5.41, 5.74) is 0.159. The molecule has 0 spiro atoms. The second-order valence-corrected chi connectivity index (χ2v) is 6.65. The molecule has 0 radical (unpaired) electrons. The molecule has 0 heterocycles. The van der Waals surface area contributed by atoms with E-state index in [1.165, 1.54) is 20.3 Å². The van der Waals surface area contributed by atoms with Crippen molar-refractivity contribution in [3.63, 3.8) is 0 Å². The SMILES string of the molecule is CCCOc1cc(OC)c(C(=O)Nc2ccc(OC)cc2)c(OP(=O)([O-])[O-])c1.[Na+].[Na+]. The van der Waals surface area contributed by atoms with Crippen LogP contribution in [0.5, 0.6) is 23.0 Å². The third-order valence-corrected chi connectivity index (χ3v) is 3.94. The maximum Gasteiger partial charge on any atom is 1.00 e. The summed E-state index contributed by atoms with van der Waals surface area (Å²) in [6.45, 7) is 2.22. The number of carbonyl (C=O) groups excluding carboxylic acids is 1. The van der Waals surface area contributed by atoms with Crippen LogP contribution in [0.2, 0.25) is 0 Å². The molecule has 0 fully saturated rings. The molecule has 0 aromatic heterocycles. The van der Waals surface area contributed by atoms with Crippen LogP contribution in [-0.2, 0) is 4.57 Å². The number of amides is 1. The van der Waals surface area contributed by atoms with Crippen molar-refractivity contribution in [1.29, 1.82) is 0 Å². The smallest absolute Gasteiger partial charge is 0.780 e. The first-order chi connectivity index (χ1) is 13.3. The molecule has 0 aliphatic heterocycles. The predicted octanol–water partition coefficient (Wildman–Crippen LogP) is -4.04. The maximum atomic E-state index is 12.7. The number of nitrogens with one attached hydrogen (secondary N) is 1. The van der Waals surface area contributed by atoms with Crippen LogP contribution in [0.25, 0.3) is 0 Å². The van der Waals surface area contributed by atoms with Crippen LogP contribution in [0.4, 0.5) is 5.69 Å². The molecule has 9 nitrogen and oxygen atoms in total. The van der Waals surface area contributed by atoms with E-state index in [0.29, 0.717) is 24.5 Å². The summed E-state index contributed by atoms with van der Waals surface area (Å²) in [4.78, 5) is 35.0. The zero-order chi connectivity index (χ0) is 20.7. The van der Waals surface area contributed by atoms with Crippen molar-refractivity contribution in [3.8, 4) is 23.0 Å². The Morgan fingerprint density at radius 1 is 1.00 bits per heavy atom. The Morgan fingerprint density at radius 3 is 2.10 bits per heavy atom. The van der Waals surface area contributed by atoms with E-state index in [1.807, 2.05) is 6.92 Å². The number of hydrogen-bond donors (Lipinski definition) is 1. The number of phosphoric acid groups is 1. The van der Waals surface area contributed by atoms with Crippen molar-refractivity contribution in [2.45, 2.75) is 13.3 Å². The van der Waals surface area contributed by atoms with Crippen LogP contribution in [0.15, 0.2) is 36.4 Å². The molecule has 0 aliphatic rings. The third-order valence-electron chi connectivity index (χ3n) is 3.52. The Kier molecular flexibility index (Phi) is 13.3. The van der Waals surface area contributed by atoms with Gasteiger partial charge in [-0.3, -0.25) is 4.79 Å². The molecule has 0 bridgehead atoms. The fourth-order valence-electron chi connectivity index (χ4n) is 2.31. The van der Waals surface area contributed by atoms with Crippen LogP contribution >= 0.6 is 7.82 Å². The molecule has 0 unspecified atom stereocenters. The predicted molar refractivity (Wildman–Crippen MR) is 98.0 cm³/mol. The monoisotopic (exact) mass is 455 g/mol. The van der Waals surface area contributed by atoms with Gasteiger partial charge in [0.25, 0.3) is 5.91 Å². The van der Waals surface area contributed by atoms with Gasteiger partial charge in [-0.15, -0.1) is 0 Å². The van der Waals surface area contributed by atoms with Crippen molar-refractivity contribution >= 4 is 19.4 Å². The average Bonchev–Trinajstić information content (AvgIpc) is 2.65. The van der Waals surface area contributed by atoms with E-state index >= 15 is 0 Å². The molecular formula is C18H20NNa2O8P. The standard InChI is InChI=1S/C18H22NO8P.2Na/c1-4-9-26-14-10-15(25-3)17(16(11-14)27-28(21,22)23)18(20)19-12-5-7-13(24-2)8-6-12;;/h5-8,10-11H,4,9H2,1-3H3,(H,19,20)(H2,21,22,23);;/q;2*+1/p-2. The molecule has 0 saturated heterocycles. The molecule has 152 valence electrons. The third kappa shape index (κ3) is 8.78. The second-order valence-electron chi connectivity index (χ2n) is 5.57. The van der Waals surface area contributed by atoms with Gasteiger partial charge < -0.3 is 38.4 Å². The largest absolute Gasteiger partial charge is 1.00 e. The Hall–Kier alpha value is -0.740. The van der Waals surface area contributed by atoms with Gasteiger partial charge in [-0.1, -0.05) is 6.92 Å². The van der Waals surface area contributed by atoms with E-state index in [9.17, 15) is 19.1 Å². The first-order valence-electron chi connectivity index (χ1n) is 8.29. The molecule has 0 aliphatic carbocycles. The Labute approximate surface area is 219 Å². The van der Waals surface area contributed by atoms with Crippen molar-refractivity contribution in [2.75, 3.05) is 26.1 Å². The zero-order valence-corrected chi connectivity index (χ0v) is 22.5.